The van der Waals surface area contributed by atoms with Gasteiger partial charge in [0.2, 0.25) is 0 Å². The number of carbonyl (C=O) groups excluding carboxylic acids is 2. The molecule has 0 bridgehead atoms. The topological polar surface area (TPSA) is 92.4 Å². The molecule has 3 N–H and O–H groups in total. The summed E-state index contributed by atoms with van der Waals surface area (Å²) in [5.74, 6) is 0.716. The van der Waals surface area contributed by atoms with Gasteiger partial charge in [0.1, 0.15) is 5.82 Å². The summed E-state index contributed by atoms with van der Waals surface area (Å²) in [6.07, 6.45) is 9.26. The molecule has 1 aliphatic heterocycles. The van der Waals surface area contributed by atoms with Gasteiger partial charge in [-0.15, -0.1) is 0 Å². The molecule has 7 nitrogen and oxygen atoms in total. The number of urea groups is 1. The van der Waals surface area contributed by atoms with Crippen molar-refractivity contribution in [3.63, 3.8) is 0 Å². The summed E-state index contributed by atoms with van der Waals surface area (Å²) in [7, 11) is 0. The molecule has 8 heteroatoms. The summed E-state index contributed by atoms with van der Waals surface area (Å²) >= 11 is 0. The second-order valence-electron chi connectivity index (χ2n) is 9.70. The average molecular weight is 479 g/mol. The lowest BCUT2D eigenvalue weighted by molar-refractivity contribution is 0.0758. The Balaban J connectivity index is 1.31. The number of hydrogen-bond acceptors (Lipinski definition) is 4. The van der Waals surface area contributed by atoms with Crippen LogP contribution in [-0.4, -0.2) is 41.8 Å². The zero-order chi connectivity index (χ0) is 24.4. The van der Waals surface area contributed by atoms with E-state index < -0.39 is 0 Å². The number of rotatable bonds is 5. The van der Waals surface area contributed by atoms with E-state index in [0.717, 1.165) is 42.5 Å². The van der Waals surface area contributed by atoms with Gasteiger partial charge < -0.3 is 20.7 Å². The fourth-order valence-corrected chi connectivity index (χ4v) is 6.06. The molecule has 2 saturated carbocycles. The summed E-state index contributed by atoms with van der Waals surface area (Å²) in [6.45, 7) is 2.16. The number of aromatic nitrogens is 1. The van der Waals surface area contributed by atoms with E-state index in [9.17, 15) is 14.0 Å². The number of ether oxygens (including phenoxy) is 1. The molecule has 0 spiro atoms. The number of fused-ring (bicyclic) bond motifs is 2. The van der Waals surface area contributed by atoms with Gasteiger partial charge in [0, 0.05) is 23.7 Å². The monoisotopic (exact) mass is 478 g/mol. The maximum Gasteiger partial charge on any atom is 0.407 e. The highest BCUT2D eigenvalue weighted by Crippen LogP contribution is 2.45. The predicted molar refractivity (Wildman–Crippen MR) is 131 cm³/mol. The Kier molecular flexibility index (Phi) is 6.70. The van der Waals surface area contributed by atoms with E-state index in [1.165, 1.54) is 12.1 Å². The number of alkyl carbamates (subject to hydrolysis) is 1. The number of nitrogens with one attached hydrogen (secondary N) is 3. The Morgan fingerprint density at radius 2 is 2.09 bits per heavy atom. The SMILES string of the molecule is CCOC(=O)N[C@H]1CC[C@@H]2[C@@H](C1)C[C@H]1NC(=O)N[C@H]1[C@H]2/C=C/c1ccc(-c2cccc(F)c2)cn1. The number of carbonyl (C=O) groups is 2. The van der Waals surface area contributed by atoms with E-state index in [2.05, 4.69) is 27.0 Å². The van der Waals surface area contributed by atoms with Gasteiger partial charge >= 0.3 is 12.1 Å². The summed E-state index contributed by atoms with van der Waals surface area (Å²) in [6, 6.07) is 10.4. The van der Waals surface area contributed by atoms with Crippen LogP contribution in [0.25, 0.3) is 17.2 Å². The molecule has 2 heterocycles. The molecule has 6 atom stereocenters. The number of pyridine rings is 1. The Labute approximate surface area is 204 Å². The smallest absolute Gasteiger partial charge is 0.407 e. The van der Waals surface area contributed by atoms with Crippen LogP contribution >= 0.6 is 0 Å². The summed E-state index contributed by atoms with van der Waals surface area (Å²) in [4.78, 5) is 28.6. The van der Waals surface area contributed by atoms with Crippen LogP contribution in [0.3, 0.4) is 0 Å². The molecular weight excluding hydrogens is 447 g/mol. The second kappa shape index (κ2) is 10.1. The maximum absolute atomic E-state index is 13.6. The van der Waals surface area contributed by atoms with Gasteiger partial charge in [-0.25, -0.2) is 14.0 Å². The van der Waals surface area contributed by atoms with Crippen molar-refractivity contribution in [1.82, 2.24) is 20.9 Å². The van der Waals surface area contributed by atoms with E-state index >= 15 is 0 Å². The van der Waals surface area contributed by atoms with Crippen LogP contribution in [-0.2, 0) is 4.74 Å². The van der Waals surface area contributed by atoms with Crippen LogP contribution in [0.15, 0.2) is 48.7 Å². The first kappa shape index (κ1) is 23.3. The highest BCUT2D eigenvalue weighted by atomic mass is 19.1. The number of halogens is 1. The quantitative estimate of drug-likeness (QED) is 0.590. The highest BCUT2D eigenvalue weighted by Gasteiger charge is 2.49. The van der Waals surface area contributed by atoms with Gasteiger partial charge in [-0.1, -0.05) is 24.3 Å². The fourth-order valence-electron chi connectivity index (χ4n) is 6.06. The number of nitrogens with zero attached hydrogens (tertiary/aromatic N) is 1. The first-order valence-corrected chi connectivity index (χ1v) is 12.4. The van der Waals surface area contributed by atoms with Crippen molar-refractivity contribution in [1.29, 1.82) is 0 Å². The molecule has 3 fully saturated rings. The molecule has 3 amide bonds. The van der Waals surface area contributed by atoms with E-state index in [1.807, 2.05) is 24.3 Å². The number of hydrogen-bond donors (Lipinski definition) is 3. The highest BCUT2D eigenvalue weighted by molar-refractivity contribution is 5.77. The number of benzene rings is 1. The Morgan fingerprint density at radius 3 is 2.86 bits per heavy atom. The van der Waals surface area contributed by atoms with Crippen molar-refractivity contribution in [2.24, 2.45) is 17.8 Å². The van der Waals surface area contributed by atoms with Gasteiger partial charge in [-0.2, -0.15) is 0 Å². The standard InChI is InChI=1S/C27H31FN4O3/c1-2-35-27(34)30-21-9-10-22-18(13-21)14-24-25(32-26(33)31-24)23(22)11-8-20-7-6-17(15-29-20)16-4-3-5-19(28)12-16/h3-8,11-12,15,18,21-25H,2,9-10,13-14H2,1H3,(H,30,34)(H2,31,32,33)/b11-8+/t18-,21-,22+,23-,24+,25-/m0/s1. The molecule has 2 aliphatic carbocycles. The van der Waals surface area contributed by atoms with Crippen molar-refractivity contribution < 1.29 is 18.7 Å². The van der Waals surface area contributed by atoms with Crippen LogP contribution < -0.4 is 16.0 Å². The zero-order valence-corrected chi connectivity index (χ0v) is 19.7. The van der Waals surface area contributed by atoms with E-state index in [1.54, 1.807) is 19.2 Å². The minimum absolute atomic E-state index is 0.0427. The van der Waals surface area contributed by atoms with Gasteiger partial charge in [0.05, 0.1) is 24.4 Å². The van der Waals surface area contributed by atoms with Crippen molar-refractivity contribution in [3.8, 4) is 11.1 Å². The van der Waals surface area contributed by atoms with Crippen LogP contribution in [0.5, 0.6) is 0 Å². The second-order valence-corrected chi connectivity index (χ2v) is 9.70. The molecule has 3 aliphatic rings. The van der Waals surface area contributed by atoms with Crippen LogP contribution in [0.4, 0.5) is 14.0 Å². The normalized spacial score (nSPS) is 29.6. The van der Waals surface area contributed by atoms with Crippen LogP contribution in [0.2, 0.25) is 0 Å². The third kappa shape index (κ3) is 5.16. The van der Waals surface area contributed by atoms with E-state index in [-0.39, 0.29) is 42.0 Å². The number of amides is 3. The van der Waals surface area contributed by atoms with E-state index in [0.29, 0.717) is 18.4 Å². The third-order valence-electron chi connectivity index (χ3n) is 7.59. The summed E-state index contributed by atoms with van der Waals surface area (Å²) in [5, 5.41) is 9.21. The molecular formula is C27H31FN4O3. The van der Waals surface area contributed by atoms with Gasteiger partial charge in [0.25, 0.3) is 0 Å². The van der Waals surface area contributed by atoms with Gasteiger partial charge in [-0.3, -0.25) is 4.98 Å². The average Bonchev–Trinajstić information content (AvgIpc) is 3.22. The lowest BCUT2D eigenvalue weighted by Crippen LogP contribution is -2.53. The molecule has 1 aromatic heterocycles. The van der Waals surface area contributed by atoms with Crippen molar-refractivity contribution in [3.05, 3.63) is 60.2 Å². The molecule has 184 valence electrons. The molecule has 35 heavy (non-hydrogen) atoms. The van der Waals surface area contributed by atoms with Crippen molar-refractivity contribution in [2.45, 2.75) is 50.7 Å². The van der Waals surface area contributed by atoms with Crippen molar-refractivity contribution in [2.75, 3.05) is 6.61 Å². The fraction of sp³-hybridized carbons (Fsp3) is 0.444. The molecule has 1 saturated heterocycles. The van der Waals surface area contributed by atoms with Gasteiger partial charge in [0.15, 0.2) is 0 Å². The first-order chi connectivity index (χ1) is 17.0. The zero-order valence-electron chi connectivity index (χ0n) is 19.7. The first-order valence-electron chi connectivity index (χ1n) is 12.4. The molecule has 0 unspecified atom stereocenters. The van der Waals surface area contributed by atoms with Crippen molar-refractivity contribution >= 4 is 18.2 Å². The van der Waals surface area contributed by atoms with E-state index in [4.69, 9.17) is 4.74 Å². The molecule has 2 aromatic rings. The molecule has 0 radical (unpaired) electrons. The molecule has 1 aromatic carbocycles. The minimum Gasteiger partial charge on any atom is -0.450 e. The lowest BCUT2D eigenvalue weighted by atomic mass is 9.61. The Bertz CT molecular complexity index is 1110. The van der Waals surface area contributed by atoms with Gasteiger partial charge in [-0.05, 0) is 74.3 Å². The summed E-state index contributed by atoms with van der Waals surface area (Å²) in [5.41, 5.74) is 2.47. The van der Waals surface area contributed by atoms with Crippen LogP contribution in [0.1, 0.15) is 38.3 Å². The third-order valence-corrected chi connectivity index (χ3v) is 7.59. The lowest BCUT2D eigenvalue weighted by Gasteiger charge is -2.47. The Hall–Kier alpha value is -3.42. The minimum atomic E-state index is -0.357. The summed E-state index contributed by atoms with van der Waals surface area (Å²) < 4.78 is 18.6. The largest absolute Gasteiger partial charge is 0.450 e. The maximum atomic E-state index is 13.6. The Morgan fingerprint density at radius 1 is 1.20 bits per heavy atom. The molecule has 5 rings (SSSR count). The van der Waals surface area contributed by atoms with Crippen LogP contribution in [0, 0.1) is 23.6 Å². The predicted octanol–water partition coefficient (Wildman–Crippen LogP) is 4.50.